The summed E-state index contributed by atoms with van der Waals surface area (Å²) in [6.45, 7) is 8.92. The second kappa shape index (κ2) is 5.34. The molecule has 2 saturated carbocycles. The van der Waals surface area contributed by atoms with E-state index in [1.165, 1.54) is 12.8 Å². The molecule has 0 radical (unpaired) electrons. The van der Waals surface area contributed by atoms with Crippen molar-refractivity contribution in [3.63, 3.8) is 0 Å². The highest BCUT2D eigenvalue weighted by atomic mass is 16.3. The molecule has 2 rings (SSSR count). The van der Waals surface area contributed by atoms with E-state index in [-0.39, 0.29) is 11.3 Å². The van der Waals surface area contributed by atoms with Crippen molar-refractivity contribution in [2.75, 3.05) is 0 Å². The van der Waals surface area contributed by atoms with Gasteiger partial charge in [-0.1, -0.05) is 53.4 Å². The minimum atomic E-state index is -0.785. The van der Waals surface area contributed by atoms with Crippen LogP contribution in [0.1, 0.15) is 79.1 Å². The Morgan fingerprint density at radius 2 is 1.80 bits per heavy atom. The largest absolute Gasteiger partial charge is 0.388 e. The van der Waals surface area contributed by atoms with Gasteiger partial charge in [0.2, 0.25) is 0 Å². The lowest BCUT2D eigenvalue weighted by Crippen LogP contribution is -2.59. The van der Waals surface area contributed by atoms with Gasteiger partial charge < -0.3 is 5.11 Å². The van der Waals surface area contributed by atoms with Crippen molar-refractivity contribution in [3.05, 3.63) is 0 Å². The van der Waals surface area contributed by atoms with Crippen molar-refractivity contribution >= 4 is 0 Å². The third-order valence-corrected chi connectivity index (χ3v) is 5.96. The van der Waals surface area contributed by atoms with E-state index in [0.717, 1.165) is 38.5 Å². The van der Waals surface area contributed by atoms with E-state index >= 15 is 0 Å². The van der Waals surface area contributed by atoms with Gasteiger partial charge in [-0.3, -0.25) is 0 Å². The minimum absolute atomic E-state index is 0.0692. The van der Waals surface area contributed by atoms with Gasteiger partial charge in [0.05, 0.1) is 17.1 Å². The highest BCUT2D eigenvalue weighted by molar-refractivity contribution is 5.17. The molecule has 0 saturated heterocycles. The topological polar surface area (TPSA) is 44.0 Å². The van der Waals surface area contributed by atoms with E-state index in [1.54, 1.807) is 0 Å². The van der Waals surface area contributed by atoms with Gasteiger partial charge in [0.25, 0.3) is 0 Å². The first-order chi connectivity index (χ1) is 9.25. The Bertz CT molecular complexity index is 391. The Kier molecular flexibility index (Phi) is 4.22. The zero-order valence-electron chi connectivity index (χ0n) is 13.7. The first-order valence-corrected chi connectivity index (χ1v) is 8.39. The Hall–Kier alpha value is -0.550. The van der Waals surface area contributed by atoms with Crippen molar-refractivity contribution in [2.24, 2.45) is 22.7 Å². The summed E-state index contributed by atoms with van der Waals surface area (Å²) in [7, 11) is 0. The zero-order valence-corrected chi connectivity index (χ0v) is 13.7. The van der Waals surface area contributed by atoms with Crippen LogP contribution in [0.5, 0.6) is 0 Å². The summed E-state index contributed by atoms with van der Waals surface area (Å²) in [6, 6.07) is 2.61. The molecule has 0 aromatic heterocycles. The molecule has 0 amide bonds. The molecular formula is C18H31NO. The number of hydrogen-bond acceptors (Lipinski definition) is 2. The smallest absolute Gasteiger partial charge is 0.0866 e. The molecule has 0 bridgehead atoms. The van der Waals surface area contributed by atoms with Gasteiger partial charge in [-0.25, -0.2) is 0 Å². The van der Waals surface area contributed by atoms with E-state index < -0.39 is 11.0 Å². The molecule has 4 unspecified atom stereocenters. The molecule has 0 aliphatic heterocycles. The molecule has 1 N–H and O–H groups in total. The fraction of sp³-hybridized carbons (Fsp3) is 0.944. The van der Waals surface area contributed by atoms with Gasteiger partial charge in [-0.05, 0) is 42.9 Å². The SMILES string of the molecule is CC1CCCC(C#N)(C2(O)CCCCC2C(C)(C)C)C1. The number of nitrogens with zero attached hydrogens (tertiary/aromatic N) is 1. The summed E-state index contributed by atoms with van der Waals surface area (Å²) in [5.74, 6) is 0.809. The summed E-state index contributed by atoms with van der Waals surface area (Å²) in [5.41, 5.74) is -1.23. The zero-order chi connectivity index (χ0) is 15.0. The lowest BCUT2D eigenvalue weighted by Gasteiger charge is -2.56. The Morgan fingerprint density at radius 3 is 2.35 bits per heavy atom. The molecule has 0 aromatic rings. The predicted molar refractivity (Wildman–Crippen MR) is 82.0 cm³/mol. The molecule has 2 aliphatic rings. The van der Waals surface area contributed by atoms with E-state index in [1.807, 2.05) is 0 Å². The molecular weight excluding hydrogens is 246 g/mol. The average molecular weight is 277 g/mol. The second-order valence-electron chi connectivity index (χ2n) is 8.48. The molecule has 2 aliphatic carbocycles. The predicted octanol–water partition coefficient (Wildman–Crippen LogP) is 4.67. The molecule has 0 spiro atoms. The van der Waals surface area contributed by atoms with Gasteiger partial charge in [0.1, 0.15) is 0 Å². The summed E-state index contributed by atoms with van der Waals surface area (Å²) in [6.07, 6.45) is 8.21. The molecule has 20 heavy (non-hydrogen) atoms. The Labute approximate surface area is 124 Å². The van der Waals surface area contributed by atoms with Crippen molar-refractivity contribution in [1.82, 2.24) is 0 Å². The quantitative estimate of drug-likeness (QED) is 0.756. The van der Waals surface area contributed by atoms with Crippen LogP contribution in [0, 0.1) is 34.0 Å². The number of hydrogen-bond donors (Lipinski definition) is 1. The van der Waals surface area contributed by atoms with Crippen molar-refractivity contribution in [1.29, 1.82) is 5.26 Å². The fourth-order valence-corrected chi connectivity index (χ4v) is 5.02. The molecule has 0 aromatic carbocycles. The molecule has 4 atom stereocenters. The first kappa shape index (κ1) is 15.8. The van der Waals surface area contributed by atoms with E-state index in [4.69, 9.17) is 0 Å². The van der Waals surface area contributed by atoms with Crippen molar-refractivity contribution in [3.8, 4) is 6.07 Å². The standard InChI is InChI=1S/C18H31NO/c1-14-8-7-10-17(12-14,13-19)18(20)11-6-5-9-15(18)16(2,3)4/h14-15,20H,5-12H2,1-4H3. The van der Waals surface area contributed by atoms with Crippen LogP contribution in [0.3, 0.4) is 0 Å². The van der Waals surface area contributed by atoms with Gasteiger partial charge in [0, 0.05) is 0 Å². The summed E-state index contributed by atoms with van der Waals surface area (Å²) in [5, 5.41) is 21.6. The normalized spacial score (nSPS) is 43.0. The third-order valence-electron chi connectivity index (χ3n) is 5.96. The Morgan fingerprint density at radius 1 is 1.10 bits per heavy atom. The van der Waals surface area contributed by atoms with Crippen molar-refractivity contribution in [2.45, 2.75) is 84.7 Å². The highest BCUT2D eigenvalue weighted by Crippen LogP contribution is 2.57. The third kappa shape index (κ3) is 2.50. The highest BCUT2D eigenvalue weighted by Gasteiger charge is 2.59. The van der Waals surface area contributed by atoms with Gasteiger partial charge in [0.15, 0.2) is 0 Å². The van der Waals surface area contributed by atoms with E-state index in [2.05, 4.69) is 33.8 Å². The van der Waals surface area contributed by atoms with Crippen LogP contribution in [0.25, 0.3) is 0 Å². The van der Waals surface area contributed by atoms with Crippen LogP contribution in [-0.2, 0) is 0 Å². The van der Waals surface area contributed by atoms with Crippen LogP contribution in [-0.4, -0.2) is 10.7 Å². The number of aliphatic hydroxyl groups is 1. The maximum atomic E-state index is 11.6. The van der Waals surface area contributed by atoms with E-state index in [9.17, 15) is 10.4 Å². The maximum Gasteiger partial charge on any atom is 0.0866 e. The Balaban J connectivity index is 2.41. The number of rotatable bonds is 1. The van der Waals surface area contributed by atoms with Gasteiger partial charge in [-0.15, -0.1) is 0 Å². The monoisotopic (exact) mass is 277 g/mol. The lowest BCUT2D eigenvalue weighted by atomic mass is 9.50. The van der Waals surface area contributed by atoms with Crippen LogP contribution in [0.4, 0.5) is 0 Å². The first-order valence-electron chi connectivity index (χ1n) is 8.39. The molecule has 2 fully saturated rings. The maximum absolute atomic E-state index is 11.6. The molecule has 114 valence electrons. The van der Waals surface area contributed by atoms with Crippen LogP contribution < -0.4 is 0 Å². The van der Waals surface area contributed by atoms with E-state index in [0.29, 0.717) is 5.92 Å². The van der Waals surface area contributed by atoms with Gasteiger partial charge >= 0.3 is 0 Å². The minimum Gasteiger partial charge on any atom is -0.388 e. The van der Waals surface area contributed by atoms with Crippen LogP contribution in [0.15, 0.2) is 0 Å². The summed E-state index contributed by atoms with van der Waals surface area (Å²) in [4.78, 5) is 0. The summed E-state index contributed by atoms with van der Waals surface area (Å²) >= 11 is 0. The summed E-state index contributed by atoms with van der Waals surface area (Å²) < 4.78 is 0. The lowest BCUT2D eigenvalue weighted by molar-refractivity contribution is -0.168. The molecule has 0 heterocycles. The van der Waals surface area contributed by atoms with Crippen LogP contribution in [0.2, 0.25) is 0 Å². The van der Waals surface area contributed by atoms with Crippen molar-refractivity contribution < 1.29 is 5.11 Å². The number of nitriles is 1. The molecule has 2 nitrogen and oxygen atoms in total. The second-order valence-corrected chi connectivity index (χ2v) is 8.48. The molecule has 2 heteroatoms. The van der Waals surface area contributed by atoms with Crippen LogP contribution >= 0.6 is 0 Å². The van der Waals surface area contributed by atoms with Gasteiger partial charge in [-0.2, -0.15) is 5.26 Å². The average Bonchev–Trinajstić information content (AvgIpc) is 2.37. The fourth-order valence-electron chi connectivity index (χ4n) is 5.02.